The molecule has 0 aliphatic carbocycles. The summed E-state index contributed by atoms with van der Waals surface area (Å²) in [4.78, 5) is 14.5. The van der Waals surface area contributed by atoms with Gasteiger partial charge in [0.05, 0.1) is 6.61 Å². The van der Waals surface area contributed by atoms with Crippen molar-refractivity contribution in [3.05, 3.63) is 29.7 Å². The number of esters is 1. The van der Waals surface area contributed by atoms with Crippen molar-refractivity contribution in [1.82, 2.24) is 4.98 Å². The van der Waals surface area contributed by atoms with Crippen molar-refractivity contribution >= 4 is 17.9 Å². The molecule has 0 aromatic carbocycles. The predicted octanol–water partition coefficient (Wildman–Crippen LogP) is 1.38. The molecular formula is C10H11FN2O2. The number of carbonyl (C=O) groups is 1. The molecule has 5 heteroatoms. The SMILES string of the molecule is CCOC(=O)/C=C/c1cnc(N)c(F)c1. The highest BCUT2D eigenvalue weighted by Crippen LogP contribution is 2.09. The summed E-state index contributed by atoms with van der Waals surface area (Å²) >= 11 is 0. The van der Waals surface area contributed by atoms with Gasteiger partial charge in [0.25, 0.3) is 0 Å². The molecule has 0 spiro atoms. The summed E-state index contributed by atoms with van der Waals surface area (Å²) in [6, 6.07) is 1.19. The van der Waals surface area contributed by atoms with Crippen LogP contribution in [0.15, 0.2) is 18.3 Å². The van der Waals surface area contributed by atoms with Crippen LogP contribution in [0.1, 0.15) is 12.5 Å². The molecule has 0 radical (unpaired) electrons. The molecule has 0 saturated heterocycles. The van der Waals surface area contributed by atoms with Gasteiger partial charge in [-0.3, -0.25) is 0 Å². The van der Waals surface area contributed by atoms with E-state index in [9.17, 15) is 9.18 Å². The monoisotopic (exact) mass is 210 g/mol. The number of pyridine rings is 1. The van der Waals surface area contributed by atoms with Crippen molar-refractivity contribution < 1.29 is 13.9 Å². The largest absolute Gasteiger partial charge is 0.463 e. The molecule has 0 amide bonds. The highest BCUT2D eigenvalue weighted by Gasteiger charge is 1.99. The third kappa shape index (κ3) is 3.38. The number of halogens is 1. The van der Waals surface area contributed by atoms with E-state index in [0.29, 0.717) is 12.2 Å². The molecule has 1 heterocycles. The molecule has 0 fully saturated rings. The molecule has 0 unspecified atom stereocenters. The summed E-state index contributed by atoms with van der Waals surface area (Å²) in [6.07, 6.45) is 3.98. The Labute approximate surface area is 86.6 Å². The topological polar surface area (TPSA) is 65.2 Å². The summed E-state index contributed by atoms with van der Waals surface area (Å²) in [7, 11) is 0. The number of ether oxygens (including phenoxy) is 1. The molecule has 1 aromatic rings. The average Bonchev–Trinajstić information content (AvgIpc) is 2.20. The smallest absolute Gasteiger partial charge is 0.330 e. The average molecular weight is 210 g/mol. The number of aromatic nitrogens is 1. The molecule has 0 saturated carbocycles. The van der Waals surface area contributed by atoms with E-state index in [4.69, 9.17) is 5.73 Å². The van der Waals surface area contributed by atoms with Gasteiger partial charge in [0.15, 0.2) is 11.6 Å². The Kier molecular flexibility index (Phi) is 3.79. The lowest BCUT2D eigenvalue weighted by atomic mass is 10.2. The fourth-order valence-corrected chi connectivity index (χ4v) is 0.909. The van der Waals surface area contributed by atoms with Crippen LogP contribution in [0.3, 0.4) is 0 Å². The van der Waals surface area contributed by atoms with E-state index >= 15 is 0 Å². The Morgan fingerprint density at radius 3 is 3.07 bits per heavy atom. The Hall–Kier alpha value is -1.91. The molecule has 1 rings (SSSR count). The van der Waals surface area contributed by atoms with E-state index in [1.54, 1.807) is 6.92 Å². The van der Waals surface area contributed by atoms with E-state index < -0.39 is 11.8 Å². The van der Waals surface area contributed by atoms with Crippen molar-refractivity contribution in [1.29, 1.82) is 0 Å². The van der Waals surface area contributed by atoms with Gasteiger partial charge in [0.1, 0.15) is 0 Å². The number of hydrogen-bond donors (Lipinski definition) is 1. The van der Waals surface area contributed by atoms with Crippen LogP contribution in [0.4, 0.5) is 10.2 Å². The van der Waals surface area contributed by atoms with Gasteiger partial charge in [-0.05, 0) is 24.6 Å². The molecule has 2 N–H and O–H groups in total. The van der Waals surface area contributed by atoms with E-state index in [0.717, 1.165) is 0 Å². The van der Waals surface area contributed by atoms with Gasteiger partial charge in [-0.15, -0.1) is 0 Å². The maximum atomic E-state index is 12.9. The fourth-order valence-electron chi connectivity index (χ4n) is 0.909. The number of nitrogens with zero attached hydrogens (tertiary/aromatic N) is 1. The predicted molar refractivity (Wildman–Crippen MR) is 54.3 cm³/mol. The number of carbonyl (C=O) groups excluding carboxylic acids is 1. The first-order valence-corrected chi connectivity index (χ1v) is 4.39. The molecule has 0 aliphatic heterocycles. The highest BCUT2D eigenvalue weighted by atomic mass is 19.1. The standard InChI is InChI=1S/C10H11FN2O2/c1-2-15-9(14)4-3-7-5-8(11)10(12)13-6-7/h3-6H,2H2,1H3,(H2,12,13)/b4-3+. The van der Waals surface area contributed by atoms with E-state index in [1.807, 2.05) is 0 Å². The summed E-state index contributed by atoms with van der Waals surface area (Å²) < 4.78 is 17.6. The quantitative estimate of drug-likeness (QED) is 0.604. The molecule has 0 atom stereocenters. The number of rotatable bonds is 3. The van der Waals surface area contributed by atoms with Crippen LogP contribution >= 0.6 is 0 Å². The summed E-state index contributed by atoms with van der Waals surface area (Å²) in [5, 5.41) is 0. The van der Waals surface area contributed by atoms with Gasteiger partial charge in [0.2, 0.25) is 0 Å². The van der Waals surface area contributed by atoms with Crippen LogP contribution in [0.25, 0.3) is 6.08 Å². The maximum Gasteiger partial charge on any atom is 0.330 e. The second-order valence-corrected chi connectivity index (χ2v) is 2.72. The Morgan fingerprint density at radius 1 is 1.73 bits per heavy atom. The zero-order valence-corrected chi connectivity index (χ0v) is 8.24. The number of hydrogen-bond acceptors (Lipinski definition) is 4. The van der Waals surface area contributed by atoms with Gasteiger partial charge in [-0.2, -0.15) is 0 Å². The summed E-state index contributed by atoms with van der Waals surface area (Å²) in [5.74, 6) is -1.25. The van der Waals surface area contributed by atoms with Crippen molar-refractivity contribution in [3.63, 3.8) is 0 Å². The lowest BCUT2D eigenvalue weighted by Crippen LogP contribution is -1.99. The third-order valence-electron chi connectivity index (χ3n) is 1.59. The highest BCUT2D eigenvalue weighted by molar-refractivity contribution is 5.86. The zero-order valence-electron chi connectivity index (χ0n) is 8.24. The van der Waals surface area contributed by atoms with Crippen molar-refractivity contribution in [2.75, 3.05) is 12.3 Å². The van der Waals surface area contributed by atoms with Gasteiger partial charge in [-0.1, -0.05) is 0 Å². The van der Waals surface area contributed by atoms with Crippen LogP contribution in [-0.2, 0) is 9.53 Å². The van der Waals surface area contributed by atoms with E-state index in [1.165, 1.54) is 24.4 Å². The van der Waals surface area contributed by atoms with Gasteiger partial charge >= 0.3 is 5.97 Å². The normalized spacial score (nSPS) is 10.5. The molecule has 1 aromatic heterocycles. The molecule has 80 valence electrons. The van der Waals surface area contributed by atoms with E-state index in [-0.39, 0.29) is 5.82 Å². The van der Waals surface area contributed by atoms with Gasteiger partial charge < -0.3 is 10.5 Å². The second kappa shape index (κ2) is 5.09. The van der Waals surface area contributed by atoms with Crippen LogP contribution in [0, 0.1) is 5.82 Å². The minimum atomic E-state index is -0.610. The zero-order chi connectivity index (χ0) is 11.3. The first kappa shape index (κ1) is 11.2. The van der Waals surface area contributed by atoms with Crippen LogP contribution in [0.5, 0.6) is 0 Å². The fraction of sp³-hybridized carbons (Fsp3) is 0.200. The Morgan fingerprint density at radius 2 is 2.47 bits per heavy atom. The van der Waals surface area contributed by atoms with Gasteiger partial charge in [-0.25, -0.2) is 14.2 Å². The van der Waals surface area contributed by atoms with Crippen molar-refractivity contribution in [2.24, 2.45) is 0 Å². The molecule has 0 aliphatic rings. The summed E-state index contributed by atoms with van der Waals surface area (Å²) in [5.41, 5.74) is 5.64. The van der Waals surface area contributed by atoms with Crippen molar-refractivity contribution in [3.8, 4) is 0 Å². The number of nitrogen functional groups attached to an aromatic ring is 1. The Bertz CT molecular complexity index is 391. The lowest BCUT2D eigenvalue weighted by molar-refractivity contribution is -0.137. The molecular weight excluding hydrogens is 199 g/mol. The minimum absolute atomic E-state index is 0.164. The molecule has 4 nitrogen and oxygen atoms in total. The number of anilines is 1. The van der Waals surface area contributed by atoms with Crippen LogP contribution < -0.4 is 5.73 Å². The minimum Gasteiger partial charge on any atom is -0.463 e. The Balaban J connectivity index is 2.72. The third-order valence-corrected chi connectivity index (χ3v) is 1.59. The van der Waals surface area contributed by atoms with Crippen LogP contribution in [-0.4, -0.2) is 17.6 Å². The van der Waals surface area contributed by atoms with Gasteiger partial charge in [0, 0.05) is 12.3 Å². The molecule has 0 bridgehead atoms. The maximum absolute atomic E-state index is 12.9. The van der Waals surface area contributed by atoms with Crippen molar-refractivity contribution in [2.45, 2.75) is 6.92 Å². The van der Waals surface area contributed by atoms with Crippen LogP contribution in [0.2, 0.25) is 0 Å². The first-order chi connectivity index (χ1) is 7.13. The number of nitrogens with two attached hydrogens (primary N) is 1. The second-order valence-electron chi connectivity index (χ2n) is 2.72. The molecule has 15 heavy (non-hydrogen) atoms. The summed E-state index contributed by atoms with van der Waals surface area (Å²) in [6.45, 7) is 2.01. The lowest BCUT2D eigenvalue weighted by Gasteiger charge is -1.97. The first-order valence-electron chi connectivity index (χ1n) is 4.39. The van der Waals surface area contributed by atoms with E-state index in [2.05, 4.69) is 9.72 Å².